The summed E-state index contributed by atoms with van der Waals surface area (Å²) in [7, 11) is 0. The molecule has 0 bridgehead atoms. The molecule has 3 nitrogen and oxygen atoms in total. The van der Waals surface area contributed by atoms with Gasteiger partial charge in [-0.25, -0.2) is 4.79 Å². The summed E-state index contributed by atoms with van der Waals surface area (Å²) in [5, 5.41) is 12.5. The zero-order valence-corrected chi connectivity index (χ0v) is 11.9. The molecule has 0 unspecified atom stereocenters. The monoisotopic (exact) mass is 267 g/mol. The van der Waals surface area contributed by atoms with Crippen LogP contribution >= 0.6 is 11.3 Å². The highest BCUT2D eigenvalue weighted by atomic mass is 32.1. The first-order chi connectivity index (χ1) is 8.56. The maximum atomic E-state index is 10.9. The maximum Gasteiger partial charge on any atom is 0.345 e. The highest BCUT2D eigenvalue weighted by molar-refractivity contribution is 7.14. The van der Waals surface area contributed by atoms with Gasteiger partial charge in [0.05, 0.1) is 0 Å². The third-order valence-corrected chi connectivity index (χ3v) is 5.29. The lowest BCUT2D eigenvalue weighted by molar-refractivity contribution is 0.0702. The van der Waals surface area contributed by atoms with Crippen molar-refractivity contribution in [2.24, 2.45) is 5.41 Å². The Balaban J connectivity index is 1.88. The molecule has 1 aliphatic rings. The van der Waals surface area contributed by atoms with Crippen molar-refractivity contribution >= 4 is 17.3 Å². The van der Waals surface area contributed by atoms with E-state index in [0.717, 1.165) is 23.5 Å². The Kier molecular flexibility index (Phi) is 4.07. The van der Waals surface area contributed by atoms with Gasteiger partial charge in [-0.3, -0.25) is 0 Å². The van der Waals surface area contributed by atoms with Crippen LogP contribution in [-0.2, 0) is 6.54 Å². The molecule has 0 spiro atoms. The van der Waals surface area contributed by atoms with Crippen LogP contribution in [0.25, 0.3) is 0 Å². The van der Waals surface area contributed by atoms with E-state index in [-0.39, 0.29) is 0 Å². The summed E-state index contributed by atoms with van der Waals surface area (Å²) in [6.07, 6.45) is 5.26. The zero-order chi connectivity index (χ0) is 13.2. The van der Waals surface area contributed by atoms with E-state index in [0.29, 0.717) is 10.3 Å². The number of hydrogen-bond donors (Lipinski definition) is 2. The number of aromatic carboxylic acids is 1. The summed E-state index contributed by atoms with van der Waals surface area (Å²) >= 11 is 1.37. The third-order valence-electron chi connectivity index (χ3n) is 4.21. The van der Waals surface area contributed by atoms with E-state index >= 15 is 0 Å². The van der Waals surface area contributed by atoms with Gasteiger partial charge in [-0.15, -0.1) is 11.3 Å². The highest BCUT2D eigenvalue weighted by Crippen LogP contribution is 2.43. The lowest BCUT2D eigenvalue weighted by Gasteiger charge is -2.41. The Labute approximate surface area is 112 Å². The van der Waals surface area contributed by atoms with E-state index in [2.05, 4.69) is 12.2 Å². The van der Waals surface area contributed by atoms with E-state index in [9.17, 15) is 4.79 Å². The van der Waals surface area contributed by atoms with E-state index in [1.54, 1.807) is 6.07 Å². The molecule has 4 heteroatoms. The normalized spacial score (nSPS) is 17.4. The molecular weight excluding hydrogens is 246 g/mol. The van der Waals surface area contributed by atoms with Crippen LogP contribution in [0.5, 0.6) is 0 Å². The molecule has 18 heavy (non-hydrogen) atoms. The summed E-state index contributed by atoms with van der Waals surface area (Å²) in [6, 6.07) is 1.80. The van der Waals surface area contributed by atoms with Crippen molar-refractivity contribution in [3.05, 3.63) is 21.4 Å². The fraction of sp³-hybridized carbons (Fsp3) is 0.643. The minimum atomic E-state index is -0.821. The van der Waals surface area contributed by atoms with E-state index in [4.69, 9.17) is 5.11 Å². The van der Waals surface area contributed by atoms with Gasteiger partial charge < -0.3 is 10.4 Å². The fourth-order valence-corrected chi connectivity index (χ4v) is 3.48. The molecule has 1 aliphatic carbocycles. The molecule has 2 rings (SSSR count). The molecule has 1 aromatic rings. The quantitative estimate of drug-likeness (QED) is 0.830. The molecule has 0 radical (unpaired) electrons. The van der Waals surface area contributed by atoms with Gasteiger partial charge in [0.2, 0.25) is 0 Å². The van der Waals surface area contributed by atoms with Crippen LogP contribution in [0.3, 0.4) is 0 Å². The number of carboxylic acid groups (broad SMARTS) is 1. The SMILES string of the molecule is CCC1(CNCc2cc(C(=O)O)sc2C)CCC1. The fourth-order valence-electron chi connectivity index (χ4n) is 2.60. The lowest BCUT2D eigenvalue weighted by Crippen LogP contribution is -2.39. The van der Waals surface area contributed by atoms with Crippen LogP contribution in [-0.4, -0.2) is 17.6 Å². The first-order valence-corrected chi connectivity index (χ1v) is 7.41. The number of rotatable bonds is 6. The van der Waals surface area contributed by atoms with Crippen molar-refractivity contribution in [1.29, 1.82) is 0 Å². The van der Waals surface area contributed by atoms with Gasteiger partial charge in [0.15, 0.2) is 0 Å². The molecule has 1 aromatic heterocycles. The number of thiophene rings is 1. The summed E-state index contributed by atoms with van der Waals surface area (Å²) in [5.41, 5.74) is 1.64. The second kappa shape index (κ2) is 5.41. The zero-order valence-electron chi connectivity index (χ0n) is 11.1. The van der Waals surface area contributed by atoms with Crippen molar-refractivity contribution in [1.82, 2.24) is 5.32 Å². The van der Waals surface area contributed by atoms with Crippen LogP contribution < -0.4 is 5.32 Å². The minimum Gasteiger partial charge on any atom is -0.477 e. The Bertz CT molecular complexity index is 429. The second-order valence-electron chi connectivity index (χ2n) is 5.31. The van der Waals surface area contributed by atoms with Crippen LogP contribution in [0.1, 0.15) is 52.7 Å². The van der Waals surface area contributed by atoms with Gasteiger partial charge in [0.25, 0.3) is 0 Å². The largest absolute Gasteiger partial charge is 0.477 e. The highest BCUT2D eigenvalue weighted by Gasteiger charge is 2.34. The summed E-state index contributed by atoms with van der Waals surface area (Å²) in [4.78, 5) is 12.4. The Morgan fingerprint density at radius 1 is 1.56 bits per heavy atom. The molecule has 1 fully saturated rings. The first kappa shape index (κ1) is 13.6. The molecule has 1 heterocycles. The van der Waals surface area contributed by atoms with Gasteiger partial charge in [-0.05, 0) is 43.2 Å². The lowest BCUT2D eigenvalue weighted by atomic mass is 9.67. The van der Waals surface area contributed by atoms with Gasteiger partial charge in [0, 0.05) is 18.0 Å². The van der Waals surface area contributed by atoms with E-state index in [1.807, 2.05) is 6.92 Å². The molecular formula is C14H21NO2S. The van der Waals surface area contributed by atoms with Crippen molar-refractivity contribution in [2.75, 3.05) is 6.54 Å². The Morgan fingerprint density at radius 2 is 2.28 bits per heavy atom. The number of carboxylic acids is 1. The minimum absolute atomic E-state index is 0.443. The number of carbonyl (C=O) groups is 1. The van der Waals surface area contributed by atoms with Gasteiger partial charge in [-0.1, -0.05) is 13.3 Å². The van der Waals surface area contributed by atoms with Gasteiger partial charge in [-0.2, -0.15) is 0 Å². The third kappa shape index (κ3) is 2.75. The number of hydrogen-bond acceptors (Lipinski definition) is 3. The average Bonchev–Trinajstić information content (AvgIpc) is 2.64. The molecule has 2 N–H and O–H groups in total. The topological polar surface area (TPSA) is 49.3 Å². The van der Waals surface area contributed by atoms with Crippen molar-refractivity contribution in [3.8, 4) is 0 Å². The van der Waals surface area contributed by atoms with Gasteiger partial charge >= 0.3 is 5.97 Å². The van der Waals surface area contributed by atoms with E-state index in [1.165, 1.54) is 37.0 Å². The molecule has 1 saturated carbocycles. The number of nitrogens with one attached hydrogen (secondary N) is 1. The second-order valence-corrected chi connectivity index (χ2v) is 6.56. The predicted molar refractivity (Wildman–Crippen MR) is 74.3 cm³/mol. The molecule has 100 valence electrons. The Morgan fingerprint density at radius 3 is 2.72 bits per heavy atom. The average molecular weight is 267 g/mol. The van der Waals surface area contributed by atoms with Crippen molar-refractivity contribution in [2.45, 2.75) is 46.1 Å². The van der Waals surface area contributed by atoms with E-state index < -0.39 is 5.97 Å². The van der Waals surface area contributed by atoms with Crippen molar-refractivity contribution in [3.63, 3.8) is 0 Å². The maximum absolute atomic E-state index is 10.9. The first-order valence-electron chi connectivity index (χ1n) is 6.60. The van der Waals surface area contributed by atoms with Crippen LogP contribution in [0.2, 0.25) is 0 Å². The number of aryl methyl sites for hydroxylation is 1. The smallest absolute Gasteiger partial charge is 0.345 e. The Hall–Kier alpha value is -0.870. The summed E-state index contributed by atoms with van der Waals surface area (Å²) < 4.78 is 0. The summed E-state index contributed by atoms with van der Waals surface area (Å²) in [5.74, 6) is -0.821. The molecule has 0 aliphatic heterocycles. The molecule has 0 amide bonds. The van der Waals surface area contributed by atoms with Gasteiger partial charge in [0.1, 0.15) is 4.88 Å². The van der Waals surface area contributed by atoms with Crippen LogP contribution in [0.15, 0.2) is 6.07 Å². The van der Waals surface area contributed by atoms with Crippen LogP contribution in [0.4, 0.5) is 0 Å². The van der Waals surface area contributed by atoms with Crippen LogP contribution in [0, 0.1) is 12.3 Å². The molecule has 0 aromatic carbocycles. The summed E-state index contributed by atoms with van der Waals surface area (Å²) in [6.45, 7) is 6.10. The standard InChI is InChI=1S/C14H21NO2S/c1-3-14(5-4-6-14)9-15-8-11-7-12(13(16)17)18-10(11)2/h7,15H,3-6,8-9H2,1-2H3,(H,16,17). The van der Waals surface area contributed by atoms with Crippen molar-refractivity contribution < 1.29 is 9.90 Å². The molecule has 0 atom stereocenters. The molecule has 0 saturated heterocycles. The predicted octanol–water partition coefficient (Wildman–Crippen LogP) is 3.42.